The average molecular weight is 280 g/mol. The van der Waals surface area contributed by atoms with Crippen LogP contribution in [0.15, 0.2) is 48.5 Å². The maximum Gasteiger partial charge on any atom is 0.266 e. The molecule has 0 radical (unpaired) electrons. The fourth-order valence-corrected chi connectivity index (χ4v) is 2.37. The predicted molar refractivity (Wildman–Crippen MR) is 78.3 cm³/mol. The molecule has 21 heavy (non-hydrogen) atoms. The fourth-order valence-electron chi connectivity index (χ4n) is 2.37. The normalized spacial score (nSPS) is 13.3. The van der Waals surface area contributed by atoms with E-state index >= 15 is 0 Å². The highest BCUT2D eigenvalue weighted by atomic mass is 16.2. The molecular formula is C16H12N2O3. The predicted octanol–water partition coefficient (Wildman–Crippen LogP) is 2.45. The Kier molecular flexibility index (Phi) is 3.02. The standard InChI is InChI=1S/C16H12N2O3/c1-10(19)17-13-8-4-5-9-14(13)18-15(20)11-6-2-3-7-12(11)16(18)21/h2-9H,1H3,(H,17,19). The number of rotatable bonds is 2. The Hall–Kier alpha value is -2.95. The number of nitrogens with zero attached hydrogens (tertiary/aromatic N) is 1. The number of anilines is 2. The van der Waals surface area contributed by atoms with Crippen LogP contribution in [0.5, 0.6) is 0 Å². The molecule has 0 unspecified atom stereocenters. The van der Waals surface area contributed by atoms with Crippen molar-refractivity contribution in [3.8, 4) is 0 Å². The Bertz CT molecular complexity index is 733. The largest absolute Gasteiger partial charge is 0.325 e. The third-order valence-corrected chi connectivity index (χ3v) is 3.25. The molecule has 2 aromatic carbocycles. The molecule has 1 N–H and O–H groups in total. The van der Waals surface area contributed by atoms with E-state index in [4.69, 9.17) is 0 Å². The van der Waals surface area contributed by atoms with Gasteiger partial charge in [-0.15, -0.1) is 0 Å². The molecule has 0 atom stereocenters. The summed E-state index contributed by atoms with van der Waals surface area (Å²) in [5.74, 6) is -1.03. The van der Waals surface area contributed by atoms with Crippen LogP contribution in [0.4, 0.5) is 11.4 Å². The first-order valence-corrected chi connectivity index (χ1v) is 6.44. The van der Waals surface area contributed by atoms with Crippen molar-refractivity contribution in [3.05, 3.63) is 59.7 Å². The van der Waals surface area contributed by atoms with Gasteiger partial charge in [0.15, 0.2) is 0 Å². The van der Waals surface area contributed by atoms with Crippen LogP contribution >= 0.6 is 0 Å². The van der Waals surface area contributed by atoms with Crippen molar-refractivity contribution < 1.29 is 14.4 Å². The number of para-hydroxylation sites is 2. The van der Waals surface area contributed by atoms with Crippen LogP contribution in [0.3, 0.4) is 0 Å². The van der Waals surface area contributed by atoms with Crippen LogP contribution < -0.4 is 10.2 Å². The van der Waals surface area contributed by atoms with Gasteiger partial charge >= 0.3 is 0 Å². The molecule has 2 aromatic rings. The molecule has 104 valence electrons. The van der Waals surface area contributed by atoms with E-state index in [0.717, 1.165) is 4.90 Å². The summed E-state index contributed by atoms with van der Waals surface area (Å²) < 4.78 is 0. The number of hydrogen-bond acceptors (Lipinski definition) is 3. The Labute approximate surface area is 121 Å². The molecule has 1 aliphatic heterocycles. The summed E-state index contributed by atoms with van der Waals surface area (Å²) in [6.45, 7) is 1.37. The van der Waals surface area contributed by atoms with Crippen molar-refractivity contribution in [1.82, 2.24) is 0 Å². The summed E-state index contributed by atoms with van der Waals surface area (Å²) in [6.07, 6.45) is 0. The summed E-state index contributed by atoms with van der Waals surface area (Å²) in [5.41, 5.74) is 1.55. The van der Waals surface area contributed by atoms with Gasteiger partial charge in [0.25, 0.3) is 11.8 Å². The third kappa shape index (κ3) is 2.08. The lowest BCUT2D eigenvalue weighted by Gasteiger charge is -2.18. The van der Waals surface area contributed by atoms with Gasteiger partial charge < -0.3 is 5.32 Å². The highest BCUT2D eigenvalue weighted by molar-refractivity contribution is 6.35. The number of hydrogen-bond donors (Lipinski definition) is 1. The summed E-state index contributed by atoms with van der Waals surface area (Å²) in [5, 5.41) is 2.63. The molecule has 0 aliphatic carbocycles. The molecule has 5 nitrogen and oxygen atoms in total. The van der Waals surface area contributed by atoms with Gasteiger partial charge in [-0.3, -0.25) is 14.4 Å². The number of amides is 3. The van der Waals surface area contributed by atoms with E-state index in [0.29, 0.717) is 22.5 Å². The van der Waals surface area contributed by atoms with Crippen LogP contribution in [0.1, 0.15) is 27.6 Å². The maximum absolute atomic E-state index is 12.4. The van der Waals surface area contributed by atoms with Crippen molar-refractivity contribution in [2.45, 2.75) is 6.92 Å². The summed E-state index contributed by atoms with van der Waals surface area (Å²) in [6, 6.07) is 13.4. The number of fused-ring (bicyclic) bond motifs is 1. The quantitative estimate of drug-likeness (QED) is 0.859. The van der Waals surface area contributed by atoms with Gasteiger partial charge in [0.05, 0.1) is 22.5 Å². The Morgan fingerprint density at radius 1 is 0.905 bits per heavy atom. The van der Waals surface area contributed by atoms with E-state index in [1.54, 1.807) is 48.5 Å². The first-order chi connectivity index (χ1) is 10.1. The van der Waals surface area contributed by atoms with E-state index in [1.807, 2.05) is 0 Å². The molecule has 0 spiro atoms. The number of benzene rings is 2. The number of nitrogens with one attached hydrogen (secondary N) is 1. The number of carbonyl (C=O) groups excluding carboxylic acids is 3. The lowest BCUT2D eigenvalue weighted by molar-refractivity contribution is -0.114. The zero-order chi connectivity index (χ0) is 15.0. The van der Waals surface area contributed by atoms with Crippen molar-refractivity contribution in [2.75, 3.05) is 10.2 Å². The summed E-state index contributed by atoms with van der Waals surface area (Å²) >= 11 is 0. The molecule has 5 heteroatoms. The van der Waals surface area contributed by atoms with Crippen LogP contribution in [0.2, 0.25) is 0 Å². The molecule has 0 bridgehead atoms. The van der Waals surface area contributed by atoms with Crippen LogP contribution in [0, 0.1) is 0 Å². The minimum atomic E-state index is -0.381. The van der Waals surface area contributed by atoms with Gasteiger partial charge in [0.1, 0.15) is 0 Å². The van der Waals surface area contributed by atoms with Crippen LogP contribution in [-0.2, 0) is 4.79 Å². The van der Waals surface area contributed by atoms with Gasteiger partial charge in [-0.05, 0) is 24.3 Å². The minimum absolute atomic E-state index is 0.265. The third-order valence-electron chi connectivity index (χ3n) is 3.25. The minimum Gasteiger partial charge on any atom is -0.325 e. The molecule has 1 heterocycles. The molecule has 3 rings (SSSR count). The van der Waals surface area contributed by atoms with E-state index in [-0.39, 0.29) is 17.7 Å². The lowest BCUT2D eigenvalue weighted by Crippen LogP contribution is -2.30. The van der Waals surface area contributed by atoms with Crippen molar-refractivity contribution in [3.63, 3.8) is 0 Å². The first kappa shape index (κ1) is 13.1. The highest BCUT2D eigenvalue weighted by Crippen LogP contribution is 2.33. The first-order valence-electron chi connectivity index (χ1n) is 6.44. The molecule has 1 aliphatic rings. The number of carbonyl (C=O) groups is 3. The second-order valence-corrected chi connectivity index (χ2v) is 4.69. The van der Waals surface area contributed by atoms with Gasteiger partial charge in [-0.25, -0.2) is 4.90 Å². The van der Waals surface area contributed by atoms with E-state index < -0.39 is 0 Å². The molecule has 3 amide bonds. The Balaban J connectivity index is 2.09. The average Bonchev–Trinajstić information content (AvgIpc) is 2.72. The molecule has 0 saturated carbocycles. The van der Waals surface area contributed by atoms with Gasteiger partial charge in [0, 0.05) is 6.92 Å². The molecule has 0 fully saturated rings. The van der Waals surface area contributed by atoms with Gasteiger partial charge in [-0.2, -0.15) is 0 Å². The summed E-state index contributed by atoms with van der Waals surface area (Å²) in [4.78, 5) is 37.2. The SMILES string of the molecule is CC(=O)Nc1ccccc1N1C(=O)c2ccccc2C1=O. The van der Waals surface area contributed by atoms with Crippen LogP contribution in [-0.4, -0.2) is 17.7 Å². The smallest absolute Gasteiger partial charge is 0.266 e. The monoisotopic (exact) mass is 280 g/mol. The second-order valence-electron chi connectivity index (χ2n) is 4.69. The molecule has 0 aromatic heterocycles. The van der Waals surface area contributed by atoms with Gasteiger partial charge in [0.2, 0.25) is 5.91 Å². The molecular weight excluding hydrogens is 268 g/mol. The Morgan fingerprint density at radius 3 is 2.00 bits per heavy atom. The van der Waals surface area contributed by atoms with E-state index in [2.05, 4.69) is 5.32 Å². The lowest BCUT2D eigenvalue weighted by atomic mass is 10.1. The van der Waals surface area contributed by atoms with Crippen molar-refractivity contribution in [1.29, 1.82) is 0 Å². The van der Waals surface area contributed by atoms with Crippen molar-refractivity contribution in [2.24, 2.45) is 0 Å². The van der Waals surface area contributed by atoms with E-state index in [1.165, 1.54) is 6.92 Å². The summed E-state index contributed by atoms with van der Waals surface area (Å²) in [7, 11) is 0. The number of imide groups is 1. The van der Waals surface area contributed by atoms with Crippen molar-refractivity contribution >= 4 is 29.1 Å². The fraction of sp³-hybridized carbons (Fsp3) is 0.0625. The van der Waals surface area contributed by atoms with Crippen LogP contribution in [0.25, 0.3) is 0 Å². The zero-order valence-corrected chi connectivity index (χ0v) is 11.3. The van der Waals surface area contributed by atoms with E-state index in [9.17, 15) is 14.4 Å². The second kappa shape index (κ2) is 4.86. The highest BCUT2D eigenvalue weighted by Gasteiger charge is 2.37. The topological polar surface area (TPSA) is 66.5 Å². The maximum atomic E-state index is 12.4. The van der Waals surface area contributed by atoms with Gasteiger partial charge in [-0.1, -0.05) is 24.3 Å². The molecule has 0 saturated heterocycles. The zero-order valence-electron chi connectivity index (χ0n) is 11.3. The Morgan fingerprint density at radius 2 is 1.43 bits per heavy atom.